The van der Waals surface area contributed by atoms with Crippen molar-refractivity contribution >= 4 is 5.69 Å². The smallest absolute Gasteiger partial charge is 0.0712 e. The number of benzene rings is 1. The highest BCUT2D eigenvalue weighted by molar-refractivity contribution is 5.57. The standard InChI is InChI=1S/C12H17NO/c1-2-11(14)9-13-8-7-10-5-3-4-6-12(10)13/h3-6,11,14H,2,7-9H2,1H3/t11-/m1/s1. The molecule has 0 unspecified atom stereocenters. The van der Waals surface area contributed by atoms with Crippen LogP contribution in [0.1, 0.15) is 18.9 Å². The van der Waals surface area contributed by atoms with Crippen molar-refractivity contribution in [3.63, 3.8) is 0 Å². The van der Waals surface area contributed by atoms with E-state index in [0.29, 0.717) is 0 Å². The van der Waals surface area contributed by atoms with Gasteiger partial charge in [0.1, 0.15) is 0 Å². The second kappa shape index (κ2) is 4.01. The Morgan fingerprint density at radius 2 is 2.21 bits per heavy atom. The lowest BCUT2D eigenvalue weighted by Crippen LogP contribution is -2.30. The van der Waals surface area contributed by atoms with Gasteiger partial charge < -0.3 is 10.0 Å². The van der Waals surface area contributed by atoms with Crippen LogP contribution in [0, 0.1) is 0 Å². The largest absolute Gasteiger partial charge is 0.391 e. The number of para-hydroxylation sites is 1. The van der Waals surface area contributed by atoms with E-state index in [2.05, 4.69) is 29.2 Å². The van der Waals surface area contributed by atoms with Gasteiger partial charge in [-0.05, 0) is 24.5 Å². The van der Waals surface area contributed by atoms with Crippen molar-refractivity contribution in [1.82, 2.24) is 0 Å². The van der Waals surface area contributed by atoms with Crippen LogP contribution < -0.4 is 4.90 Å². The van der Waals surface area contributed by atoms with E-state index in [0.717, 1.165) is 25.9 Å². The summed E-state index contributed by atoms with van der Waals surface area (Å²) >= 11 is 0. The van der Waals surface area contributed by atoms with Crippen molar-refractivity contribution in [1.29, 1.82) is 0 Å². The van der Waals surface area contributed by atoms with Crippen molar-refractivity contribution in [2.75, 3.05) is 18.0 Å². The first-order valence-corrected chi connectivity index (χ1v) is 5.32. The van der Waals surface area contributed by atoms with Crippen LogP contribution in [-0.4, -0.2) is 24.3 Å². The molecule has 1 N–H and O–H groups in total. The quantitative estimate of drug-likeness (QED) is 0.787. The summed E-state index contributed by atoms with van der Waals surface area (Å²) in [5.74, 6) is 0. The lowest BCUT2D eigenvalue weighted by Gasteiger charge is -2.22. The second-order valence-corrected chi connectivity index (χ2v) is 3.89. The first-order chi connectivity index (χ1) is 6.81. The molecule has 0 radical (unpaired) electrons. The summed E-state index contributed by atoms with van der Waals surface area (Å²) in [4.78, 5) is 2.28. The number of aliphatic hydroxyl groups is 1. The molecule has 1 aromatic rings. The van der Waals surface area contributed by atoms with E-state index in [-0.39, 0.29) is 6.10 Å². The number of hydrogen-bond donors (Lipinski definition) is 1. The molecule has 0 spiro atoms. The van der Waals surface area contributed by atoms with Crippen LogP contribution in [0.3, 0.4) is 0 Å². The Labute approximate surface area is 85.2 Å². The van der Waals surface area contributed by atoms with E-state index < -0.39 is 0 Å². The molecule has 1 atom stereocenters. The van der Waals surface area contributed by atoms with Crippen LogP contribution in [-0.2, 0) is 6.42 Å². The normalized spacial score (nSPS) is 16.9. The number of rotatable bonds is 3. The molecule has 0 fully saturated rings. The maximum absolute atomic E-state index is 9.60. The van der Waals surface area contributed by atoms with Gasteiger partial charge in [-0.15, -0.1) is 0 Å². The maximum Gasteiger partial charge on any atom is 0.0712 e. The summed E-state index contributed by atoms with van der Waals surface area (Å²) < 4.78 is 0. The van der Waals surface area contributed by atoms with Gasteiger partial charge in [0.25, 0.3) is 0 Å². The van der Waals surface area contributed by atoms with Gasteiger partial charge in [-0.3, -0.25) is 0 Å². The van der Waals surface area contributed by atoms with E-state index in [1.807, 2.05) is 6.92 Å². The molecule has 0 aromatic heterocycles. The molecule has 2 rings (SSSR count). The molecule has 1 heterocycles. The summed E-state index contributed by atoms with van der Waals surface area (Å²) in [6.45, 7) is 3.84. The lowest BCUT2D eigenvalue weighted by atomic mass is 10.2. The van der Waals surface area contributed by atoms with Crippen LogP contribution >= 0.6 is 0 Å². The van der Waals surface area contributed by atoms with E-state index in [4.69, 9.17) is 0 Å². The van der Waals surface area contributed by atoms with Crippen LogP contribution in [0.5, 0.6) is 0 Å². The fraction of sp³-hybridized carbons (Fsp3) is 0.500. The summed E-state index contributed by atoms with van der Waals surface area (Å²) in [5, 5.41) is 9.60. The molecule has 0 aliphatic carbocycles. The summed E-state index contributed by atoms with van der Waals surface area (Å²) in [7, 11) is 0. The molecule has 1 aliphatic rings. The topological polar surface area (TPSA) is 23.5 Å². The van der Waals surface area contributed by atoms with E-state index >= 15 is 0 Å². The maximum atomic E-state index is 9.60. The SMILES string of the molecule is CC[C@@H](O)CN1CCc2ccccc21. The number of aliphatic hydroxyl groups excluding tert-OH is 1. The zero-order valence-electron chi connectivity index (χ0n) is 8.61. The fourth-order valence-corrected chi connectivity index (χ4v) is 1.98. The second-order valence-electron chi connectivity index (χ2n) is 3.89. The van der Waals surface area contributed by atoms with Gasteiger partial charge in [0.05, 0.1) is 6.10 Å². The summed E-state index contributed by atoms with van der Waals surface area (Å²) in [6, 6.07) is 8.46. The minimum Gasteiger partial charge on any atom is -0.391 e. The number of β-amino-alcohol motifs (C(OH)–C–C–N with tert-alkyl or cyclic N) is 1. The van der Waals surface area contributed by atoms with Gasteiger partial charge >= 0.3 is 0 Å². The highest BCUT2D eigenvalue weighted by Crippen LogP contribution is 2.27. The molecule has 76 valence electrons. The molecular weight excluding hydrogens is 174 g/mol. The first kappa shape index (κ1) is 9.53. The number of hydrogen-bond acceptors (Lipinski definition) is 2. The zero-order valence-corrected chi connectivity index (χ0v) is 8.61. The van der Waals surface area contributed by atoms with Crippen LogP contribution in [0.4, 0.5) is 5.69 Å². The summed E-state index contributed by atoms with van der Waals surface area (Å²) in [5.41, 5.74) is 2.72. The van der Waals surface area contributed by atoms with Crippen LogP contribution in [0.25, 0.3) is 0 Å². The third-order valence-corrected chi connectivity index (χ3v) is 2.89. The Kier molecular flexibility index (Phi) is 2.73. The fourth-order valence-electron chi connectivity index (χ4n) is 1.98. The number of anilines is 1. The van der Waals surface area contributed by atoms with E-state index in [1.165, 1.54) is 11.3 Å². The average molecular weight is 191 g/mol. The van der Waals surface area contributed by atoms with Gasteiger partial charge in [0, 0.05) is 18.8 Å². The lowest BCUT2D eigenvalue weighted by molar-refractivity contribution is 0.176. The molecule has 0 saturated heterocycles. The van der Waals surface area contributed by atoms with Crippen LogP contribution in [0.2, 0.25) is 0 Å². The van der Waals surface area contributed by atoms with Gasteiger partial charge in [0.15, 0.2) is 0 Å². The third-order valence-electron chi connectivity index (χ3n) is 2.89. The third kappa shape index (κ3) is 1.75. The number of fused-ring (bicyclic) bond motifs is 1. The highest BCUT2D eigenvalue weighted by atomic mass is 16.3. The van der Waals surface area contributed by atoms with Gasteiger partial charge in [-0.25, -0.2) is 0 Å². The molecule has 0 amide bonds. The molecule has 0 saturated carbocycles. The van der Waals surface area contributed by atoms with E-state index in [9.17, 15) is 5.11 Å². The van der Waals surface area contributed by atoms with Crippen molar-refractivity contribution in [2.24, 2.45) is 0 Å². The Bertz CT molecular complexity index is 311. The average Bonchev–Trinajstić information content (AvgIpc) is 2.62. The first-order valence-electron chi connectivity index (χ1n) is 5.32. The monoisotopic (exact) mass is 191 g/mol. The Hall–Kier alpha value is -1.02. The minimum absolute atomic E-state index is 0.193. The van der Waals surface area contributed by atoms with Crippen molar-refractivity contribution in [2.45, 2.75) is 25.9 Å². The summed E-state index contributed by atoms with van der Waals surface area (Å²) in [6.07, 6.45) is 1.76. The molecular formula is C12H17NO. The molecule has 14 heavy (non-hydrogen) atoms. The molecule has 1 aliphatic heterocycles. The van der Waals surface area contributed by atoms with Crippen molar-refractivity contribution in [3.05, 3.63) is 29.8 Å². The molecule has 2 heteroatoms. The Morgan fingerprint density at radius 1 is 1.43 bits per heavy atom. The zero-order chi connectivity index (χ0) is 9.97. The Morgan fingerprint density at radius 3 is 3.00 bits per heavy atom. The molecule has 2 nitrogen and oxygen atoms in total. The van der Waals surface area contributed by atoms with Crippen molar-refractivity contribution in [3.8, 4) is 0 Å². The van der Waals surface area contributed by atoms with Gasteiger partial charge in [0.2, 0.25) is 0 Å². The Balaban J connectivity index is 2.10. The predicted octanol–water partition coefficient (Wildman–Crippen LogP) is 1.82. The van der Waals surface area contributed by atoms with E-state index in [1.54, 1.807) is 0 Å². The molecule has 1 aromatic carbocycles. The van der Waals surface area contributed by atoms with Crippen molar-refractivity contribution < 1.29 is 5.11 Å². The highest BCUT2D eigenvalue weighted by Gasteiger charge is 2.19. The van der Waals surface area contributed by atoms with Gasteiger partial charge in [-0.2, -0.15) is 0 Å². The minimum atomic E-state index is -0.193. The number of nitrogens with zero attached hydrogens (tertiary/aromatic N) is 1. The van der Waals surface area contributed by atoms with Crippen LogP contribution in [0.15, 0.2) is 24.3 Å². The predicted molar refractivity (Wildman–Crippen MR) is 58.7 cm³/mol. The van der Waals surface area contributed by atoms with Gasteiger partial charge in [-0.1, -0.05) is 25.1 Å². The molecule has 0 bridgehead atoms.